The van der Waals surface area contributed by atoms with Crippen molar-refractivity contribution < 1.29 is 0 Å². The first-order valence-corrected chi connectivity index (χ1v) is 8.85. The molecule has 0 radical (unpaired) electrons. The first kappa shape index (κ1) is 12.2. The molecule has 0 fully saturated rings. The van der Waals surface area contributed by atoms with Gasteiger partial charge in [-0.1, -0.05) is 36.4 Å². The van der Waals surface area contributed by atoms with Gasteiger partial charge in [0.1, 0.15) is 23.0 Å². The highest BCUT2D eigenvalue weighted by molar-refractivity contribution is 7.77. The molecule has 2 aromatic rings. The summed E-state index contributed by atoms with van der Waals surface area (Å²) in [6.45, 7) is 0. The van der Waals surface area contributed by atoms with Crippen molar-refractivity contribution >= 4 is 23.5 Å². The Kier molecular flexibility index (Phi) is 3.96. The molecule has 2 aromatic carbocycles. The number of benzene rings is 2. The van der Waals surface area contributed by atoms with Crippen LogP contribution in [0.25, 0.3) is 0 Å². The van der Waals surface area contributed by atoms with E-state index < -0.39 is 0 Å². The van der Waals surface area contributed by atoms with Gasteiger partial charge in [0.05, 0.1) is 0 Å². The van der Waals surface area contributed by atoms with Crippen molar-refractivity contribution in [3.63, 3.8) is 0 Å². The van der Waals surface area contributed by atoms with Crippen LogP contribution >= 0.6 is 0 Å². The number of hydrogen-bond acceptors (Lipinski definition) is 0. The van der Waals surface area contributed by atoms with E-state index in [1.807, 2.05) is 0 Å². The minimum atomic E-state index is 1.18. The molecule has 0 aliphatic carbocycles. The highest BCUT2D eigenvalue weighted by Crippen LogP contribution is 2.14. The first-order chi connectivity index (χ1) is 8.90. The van der Waals surface area contributed by atoms with Crippen molar-refractivity contribution in [2.45, 2.75) is 23.0 Å². The first-order valence-electron chi connectivity index (χ1n) is 6.32. The third-order valence-electron chi connectivity index (χ3n) is 3.16. The van der Waals surface area contributed by atoms with Crippen molar-refractivity contribution in [3.05, 3.63) is 70.8 Å². The molecule has 0 spiro atoms. The zero-order chi connectivity index (χ0) is 12.2. The Morgan fingerprint density at radius 1 is 0.556 bits per heavy atom. The van der Waals surface area contributed by atoms with Gasteiger partial charge in [0, 0.05) is 22.3 Å². The Morgan fingerprint density at radius 3 is 1.22 bits per heavy atom. The average molecular weight is 274 g/mol. The summed E-state index contributed by atoms with van der Waals surface area (Å²) in [5, 5.41) is 0. The lowest BCUT2D eigenvalue weighted by molar-refractivity contribution is 1.28. The molecule has 1 heterocycles. The summed E-state index contributed by atoms with van der Waals surface area (Å²) in [5.41, 5.74) is 5.95. The molecule has 2 heteroatoms. The Bertz CT molecular complexity index is 446. The van der Waals surface area contributed by atoms with E-state index >= 15 is 0 Å². The quantitative estimate of drug-likeness (QED) is 0.512. The molecule has 18 heavy (non-hydrogen) atoms. The Labute approximate surface area is 117 Å². The van der Waals surface area contributed by atoms with Crippen LogP contribution in [0.1, 0.15) is 22.3 Å². The second kappa shape index (κ2) is 5.85. The van der Waals surface area contributed by atoms with Crippen LogP contribution in [0.5, 0.6) is 0 Å². The summed E-state index contributed by atoms with van der Waals surface area (Å²) in [4.78, 5) is 0. The van der Waals surface area contributed by atoms with E-state index in [4.69, 9.17) is 0 Å². The molecule has 0 aromatic heterocycles. The van der Waals surface area contributed by atoms with E-state index in [1.54, 1.807) is 0 Å². The maximum Gasteiger partial charge on any atom is 0.131 e. The third-order valence-corrected chi connectivity index (χ3v) is 5.52. The van der Waals surface area contributed by atoms with Crippen LogP contribution in [0.4, 0.5) is 0 Å². The third kappa shape index (κ3) is 3.12. The molecule has 92 valence electrons. The Balaban J connectivity index is 1.84. The average Bonchev–Trinajstić information content (AvgIpc) is 2.39. The smallest absolute Gasteiger partial charge is 0.0614 e. The normalized spacial score (nSPS) is 15.6. The summed E-state index contributed by atoms with van der Waals surface area (Å²) in [6.07, 6.45) is 0. The van der Waals surface area contributed by atoms with Crippen LogP contribution in [-0.2, 0) is 46.5 Å². The lowest BCUT2D eigenvalue weighted by Crippen LogP contribution is -1.99. The molecule has 0 atom stereocenters. The van der Waals surface area contributed by atoms with Gasteiger partial charge in [0.15, 0.2) is 0 Å². The van der Waals surface area contributed by atoms with Crippen molar-refractivity contribution in [2.75, 3.05) is 0 Å². The van der Waals surface area contributed by atoms with Gasteiger partial charge in [-0.05, 0) is 35.7 Å². The molecule has 0 N–H and O–H groups in total. The van der Waals surface area contributed by atoms with E-state index in [-0.39, 0.29) is 0 Å². The standard InChI is InChI=1S/C16H16S2/c1-3-13-7-14(4-1)10-18-12-16-6-2-5-15(8-16)11-17-9-13/h1-8H,9-12H2/p+2. The minimum Gasteiger partial charge on any atom is -0.0614 e. The lowest BCUT2D eigenvalue weighted by Gasteiger charge is -2.03. The van der Waals surface area contributed by atoms with E-state index in [0.29, 0.717) is 0 Å². The lowest BCUT2D eigenvalue weighted by atomic mass is 10.2. The van der Waals surface area contributed by atoms with E-state index in [0.717, 1.165) is 0 Å². The van der Waals surface area contributed by atoms with Gasteiger partial charge in [0.2, 0.25) is 0 Å². The van der Waals surface area contributed by atoms with E-state index in [1.165, 1.54) is 68.8 Å². The van der Waals surface area contributed by atoms with Crippen LogP contribution in [0.3, 0.4) is 0 Å². The fraction of sp³-hybridized carbons (Fsp3) is 0.250. The molecule has 1 aliphatic rings. The van der Waals surface area contributed by atoms with Crippen molar-refractivity contribution in [1.29, 1.82) is 0 Å². The topological polar surface area (TPSA) is 0 Å². The van der Waals surface area contributed by atoms with Crippen molar-refractivity contribution in [3.8, 4) is 0 Å². The monoisotopic (exact) mass is 274 g/mol. The highest BCUT2D eigenvalue weighted by Gasteiger charge is 2.09. The molecule has 1 aliphatic heterocycles. The molecule has 0 saturated carbocycles. The largest absolute Gasteiger partial charge is 0.131 e. The number of thiol groups is 2. The summed E-state index contributed by atoms with van der Waals surface area (Å²) >= 11 is 3.01. The molecule has 0 nitrogen and oxygen atoms in total. The van der Waals surface area contributed by atoms with Gasteiger partial charge in [-0.15, -0.1) is 0 Å². The van der Waals surface area contributed by atoms with Gasteiger partial charge >= 0.3 is 0 Å². The van der Waals surface area contributed by atoms with Crippen molar-refractivity contribution in [1.82, 2.24) is 0 Å². The summed E-state index contributed by atoms with van der Waals surface area (Å²) in [5.74, 6) is 4.70. The second-order valence-corrected chi connectivity index (χ2v) is 6.88. The fourth-order valence-electron chi connectivity index (χ4n) is 2.28. The zero-order valence-electron chi connectivity index (χ0n) is 10.3. The molecule has 0 saturated heterocycles. The fourth-order valence-corrected chi connectivity index (χ4v) is 4.32. The number of rotatable bonds is 0. The summed E-state index contributed by atoms with van der Waals surface area (Å²) in [6, 6.07) is 18.2. The second-order valence-electron chi connectivity index (χ2n) is 4.72. The maximum absolute atomic E-state index is 2.38. The predicted octanol–water partition coefficient (Wildman–Crippen LogP) is 3.03. The van der Waals surface area contributed by atoms with Gasteiger partial charge in [-0.2, -0.15) is 0 Å². The van der Waals surface area contributed by atoms with Gasteiger partial charge < -0.3 is 0 Å². The SMILES string of the molecule is c1cc2cc(c1)C[SH+]Cc1cccc(c1)C[SH+]C2. The minimum absolute atomic E-state index is 1.18. The van der Waals surface area contributed by atoms with E-state index in [9.17, 15) is 0 Å². The Morgan fingerprint density at radius 2 is 0.889 bits per heavy atom. The van der Waals surface area contributed by atoms with Crippen LogP contribution in [0.2, 0.25) is 0 Å². The van der Waals surface area contributed by atoms with Crippen LogP contribution in [0.15, 0.2) is 48.5 Å². The summed E-state index contributed by atoms with van der Waals surface area (Å²) < 4.78 is 0. The van der Waals surface area contributed by atoms with E-state index in [2.05, 4.69) is 48.5 Å². The van der Waals surface area contributed by atoms with Gasteiger partial charge in [0.25, 0.3) is 0 Å². The number of hydrogen-bond donors (Lipinski definition) is 0. The van der Waals surface area contributed by atoms with Gasteiger partial charge in [-0.25, -0.2) is 0 Å². The summed E-state index contributed by atoms with van der Waals surface area (Å²) in [7, 11) is 0. The zero-order valence-corrected chi connectivity index (χ0v) is 12.1. The molecular formula is C16H18S2+2. The van der Waals surface area contributed by atoms with Crippen LogP contribution in [0, 0.1) is 0 Å². The van der Waals surface area contributed by atoms with Crippen molar-refractivity contribution in [2.24, 2.45) is 0 Å². The predicted molar refractivity (Wildman–Crippen MR) is 85.2 cm³/mol. The number of fused-ring (bicyclic) bond motifs is 4. The molecule has 4 bridgehead atoms. The van der Waals surface area contributed by atoms with Crippen LogP contribution in [-0.4, -0.2) is 0 Å². The highest BCUT2D eigenvalue weighted by atomic mass is 32.2. The molecule has 0 amide bonds. The molecular weight excluding hydrogens is 256 g/mol. The Hall–Kier alpha value is -0.860. The van der Waals surface area contributed by atoms with Gasteiger partial charge in [-0.3, -0.25) is 0 Å². The van der Waals surface area contributed by atoms with Crippen LogP contribution < -0.4 is 0 Å². The maximum atomic E-state index is 2.38. The molecule has 0 unspecified atom stereocenters. The molecule has 3 rings (SSSR count).